The van der Waals surface area contributed by atoms with E-state index in [0.29, 0.717) is 6.54 Å². The second kappa shape index (κ2) is 6.61. The fraction of sp³-hybridized carbons (Fsp3) is 0.222. The maximum Gasteiger partial charge on any atom is 0.243 e. The van der Waals surface area contributed by atoms with Crippen LogP contribution in [0.25, 0.3) is 11.0 Å². The van der Waals surface area contributed by atoms with Gasteiger partial charge in [-0.15, -0.1) is 11.8 Å². The van der Waals surface area contributed by atoms with E-state index in [1.807, 2.05) is 57.6 Å². The lowest BCUT2D eigenvalue weighted by Gasteiger charge is -2.24. The van der Waals surface area contributed by atoms with Crippen molar-refractivity contribution in [1.82, 2.24) is 14.5 Å². The van der Waals surface area contributed by atoms with E-state index in [0.717, 1.165) is 27.8 Å². The van der Waals surface area contributed by atoms with Gasteiger partial charge in [0.05, 0.1) is 17.4 Å². The number of para-hydroxylation sites is 2. The molecule has 1 fully saturated rings. The Balaban J connectivity index is 1.56. The number of carbonyl (C=O) groups is 1. The summed E-state index contributed by atoms with van der Waals surface area (Å²) in [6.45, 7) is 1.12. The lowest BCUT2D eigenvalue weighted by molar-refractivity contribution is -0.131. The molecular formula is C18H16BrN3OS. The smallest absolute Gasteiger partial charge is 0.243 e. The van der Waals surface area contributed by atoms with Gasteiger partial charge in [0.25, 0.3) is 0 Å². The number of halogens is 1. The first-order valence-corrected chi connectivity index (χ1v) is 9.63. The molecule has 1 aromatic heterocycles. The Hall–Kier alpha value is -1.79. The van der Waals surface area contributed by atoms with E-state index in [1.165, 1.54) is 5.56 Å². The van der Waals surface area contributed by atoms with Crippen LogP contribution in [0.4, 0.5) is 0 Å². The van der Waals surface area contributed by atoms with E-state index in [9.17, 15) is 4.79 Å². The maximum absolute atomic E-state index is 12.9. The van der Waals surface area contributed by atoms with Crippen LogP contribution in [0.1, 0.15) is 10.9 Å². The topological polar surface area (TPSA) is 38.1 Å². The predicted octanol–water partition coefficient (Wildman–Crippen LogP) is 4.07. The SMILES string of the molecule is O=C(Cn1cnc2ccccc21)N1CCSC1c1ccc(Br)cc1. The fourth-order valence-corrected chi connectivity index (χ4v) is 4.54. The molecule has 1 amide bonds. The molecule has 1 unspecified atom stereocenters. The fourth-order valence-electron chi connectivity index (χ4n) is 3.00. The van der Waals surface area contributed by atoms with Crippen LogP contribution in [0.2, 0.25) is 0 Å². The Morgan fingerprint density at radius 3 is 2.83 bits per heavy atom. The normalized spacial score (nSPS) is 17.5. The minimum Gasteiger partial charge on any atom is -0.324 e. The van der Waals surface area contributed by atoms with E-state index in [2.05, 4.69) is 33.0 Å². The number of amides is 1. The molecule has 4 nitrogen and oxygen atoms in total. The molecule has 4 rings (SSSR count). The Morgan fingerprint density at radius 1 is 1.21 bits per heavy atom. The van der Waals surface area contributed by atoms with Crippen molar-refractivity contribution in [2.45, 2.75) is 11.9 Å². The number of hydrogen-bond acceptors (Lipinski definition) is 3. The summed E-state index contributed by atoms with van der Waals surface area (Å²) in [5.74, 6) is 1.10. The minimum atomic E-state index is 0.0976. The van der Waals surface area contributed by atoms with Crippen LogP contribution in [0, 0.1) is 0 Å². The number of carbonyl (C=O) groups excluding carboxylic acids is 1. The van der Waals surface area contributed by atoms with Gasteiger partial charge in [-0.2, -0.15) is 0 Å². The quantitative estimate of drug-likeness (QED) is 0.663. The van der Waals surface area contributed by atoms with Crippen molar-refractivity contribution in [3.05, 3.63) is 64.9 Å². The third-order valence-electron chi connectivity index (χ3n) is 4.20. The van der Waals surface area contributed by atoms with Gasteiger partial charge >= 0.3 is 0 Å². The molecule has 0 bridgehead atoms. The van der Waals surface area contributed by atoms with Crippen molar-refractivity contribution in [1.29, 1.82) is 0 Å². The Kier molecular flexibility index (Phi) is 4.33. The largest absolute Gasteiger partial charge is 0.324 e. The van der Waals surface area contributed by atoms with E-state index in [4.69, 9.17) is 0 Å². The average Bonchev–Trinajstić information content (AvgIpc) is 3.23. The van der Waals surface area contributed by atoms with E-state index in [1.54, 1.807) is 6.33 Å². The summed E-state index contributed by atoms with van der Waals surface area (Å²) >= 11 is 5.28. The molecule has 122 valence electrons. The van der Waals surface area contributed by atoms with Gasteiger partial charge in [0, 0.05) is 16.8 Å². The molecule has 0 radical (unpaired) electrons. The Bertz CT molecular complexity index is 877. The molecule has 0 saturated carbocycles. The molecule has 0 N–H and O–H groups in total. The van der Waals surface area contributed by atoms with Gasteiger partial charge in [-0.1, -0.05) is 40.2 Å². The molecule has 1 atom stereocenters. The maximum atomic E-state index is 12.9. The van der Waals surface area contributed by atoms with E-state index in [-0.39, 0.29) is 11.3 Å². The summed E-state index contributed by atoms with van der Waals surface area (Å²) in [7, 11) is 0. The zero-order chi connectivity index (χ0) is 16.5. The second-order valence-corrected chi connectivity index (χ2v) is 7.83. The molecule has 1 aliphatic rings. The highest BCUT2D eigenvalue weighted by molar-refractivity contribution is 9.10. The van der Waals surface area contributed by atoms with Crippen LogP contribution in [-0.4, -0.2) is 32.7 Å². The number of hydrogen-bond donors (Lipinski definition) is 0. The lowest BCUT2D eigenvalue weighted by Crippen LogP contribution is -2.33. The number of aromatic nitrogens is 2. The van der Waals surface area contributed by atoms with Crippen LogP contribution < -0.4 is 0 Å². The van der Waals surface area contributed by atoms with Gasteiger partial charge in [0.1, 0.15) is 11.9 Å². The molecule has 24 heavy (non-hydrogen) atoms. The van der Waals surface area contributed by atoms with Crippen molar-refractivity contribution >= 4 is 44.6 Å². The van der Waals surface area contributed by atoms with Crippen molar-refractivity contribution in [3.63, 3.8) is 0 Å². The summed E-state index contributed by atoms with van der Waals surface area (Å²) in [5, 5.41) is 0.0976. The third kappa shape index (κ3) is 2.96. The number of imidazole rings is 1. The van der Waals surface area contributed by atoms with Gasteiger partial charge in [0.2, 0.25) is 5.91 Å². The molecule has 1 aliphatic heterocycles. The van der Waals surface area contributed by atoms with Crippen molar-refractivity contribution in [2.24, 2.45) is 0 Å². The summed E-state index contributed by atoms with van der Waals surface area (Å²) in [5.41, 5.74) is 3.09. The highest BCUT2D eigenvalue weighted by Crippen LogP contribution is 2.38. The third-order valence-corrected chi connectivity index (χ3v) is 5.99. The lowest BCUT2D eigenvalue weighted by atomic mass is 10.2. The van der Waals surface area contributed by atoms with Crippen LogP contribution in [0.15, 0.2) is 59.3 Å². The zero-order valence-corrected chi connectivity index (χ0v) is 15.3. The highest BCUT2D eigenvalue weighted by Gasteiger charge is 2.30. The van der Waals surface area contributed by atoms with Crippen molar-refractivity contribution < 1.29 is 4.79 Å². The predicted molar refractivity (Wildman–Crippen MR) is 101 cm³/mol. The first kappa shape index (κ1) is 15.7. The second-order valence-electron chi connectivity index (χ2n) is 5.72. The first-order chi connectivity index (χ1) is 11.7. The van der Waals surface area contributed by atoms with Crippen LogP contribution in [-0.2, 0) is 11.3 Å². The summed E-state index contributed by atoms with van der Waals surface area (Å²) < 4.78 is 2.98. The molecule has 2 heterocycles. The molecule has 2 aromatic carbocycles. The number of fused-ring (bicyclic) bond motifs is 1. The number of nitrogens with zero attached hydrogens (tertiary/aromatic N) is 3. The molecular weight excluding hydrogens is 386 g/mol. The molecule has 1 saturated heterocycles. The summed E-state index contributed by atoms with van der Waals surface area (Å²) in [6.07, 6.45) is 1.75. The molecule has 0 spiro atoms. The van der Waals surface area contributed by atoms with E-state index < -0.39 is 0 Å². The van der Waals surface area contributed by atoms with Crippen LogP contribution >= 0.6 is 27.7 Å². The molecule has 3 aromatic rings. The van der Waals surface area contributed by atoms with Gasteiger partial charge < -0.3 is 9.47 Å². The van der Waals surface area contributed by atoms with Crippen molar-refractivity contribution in [3.8, 4) is 0 Å². The van der Waals surface area contributed by atoms with Crippen LogP contribution in [0.5, 0.6) is 0 Å². The number of rotatable bonds is 3. The molecule has 6 heteroatoms. The van der Waals surface area contributed by atoms with Gasteiger partial charge in [-0.05, 0) is 29.8 Å². The summed E-state index contributed by atoms with van der Waals surface area (Å²) in [6, 6.07) is 16.1. The van der Waals surface area contributed by atoms with Gasteiger partial charge in [-0.25, -0.2) is 4.98 Å². The summed E-state index contributed by atoms with van der Waals surface area (Å²) in [4.78, 5) is 19.2. The van der Waals surface area contributed by atoms with Gasteiger partial charge in [-0.3, -0.25) is 4.79 Å². The Morgan fingerprint density at radius 2 is 2.00 bits per heavy atom. The zero-order valence-electron chi connectivity index (χ0n) is 12.9. The average molecular weight is 402 g/mol. The van der Waals surface area contributed by atoms with E-state index >= 15 is 0 Å². The highest BCUT2D eigenvalue weighted by atomic mass is 79.9. The number of benzene rings is 2. The standard InChI is InChI=1S/C18H16BrN3OS/c19-14-7-5-13(6-8-14)18-22(9-10-24-18)17(23)11-21-12-20-15-3-1-2-4-16(15)21/h1-8,12,18H,9-11H2. The van der Waals surface area contributed by atoms with Crippen LogP contribution in [0.3, 0.4) is 0 Å². The first-order valence-electron chi connectivity index (χ1n) is 7.79. The molecule has 0 aliphatic carbocycles. The minimum absolute atomic E-state index is 0.0976. The number of thioether (sulfide) groups is 1. The van der Waals surface area contributed by atoms with Crippen molar-refractivity contribution in [2.75, 3.05) is 12.3 Å². The Labute approximate surface area is 153 Å². The van der Waals surface area contributed by atoms with Gasteiger partial charge in [0.15, 0.2) is 0 Å². The monoisotopic (exact) mass is 401 g/mol.